The molecule has 0 saturated carbocycles. The van der Waals surface area contributed by atoms with Crippen LogP contribution in [-0.4, -0.2) is 40.6 Å². The normalized spacial score (nSPS) is 11.7. The number of tetrazole rings is 1. The highest BCUT2D eigenvalue weighted by atomic mass is 35.5. The van der Waals surface area contributed by atoms with Crippen molar-refractivity contribution in [3.8, 4) is 12.0 Å². The first kappa shape index (κ1) is 21.7. The SMILES string of the molecule is Cn1nnnc1-n1c(OCc2cccc(NC(=O)CC(C)(C)C)n2)nc2c(Cl)cccc21. The Morgan fingerprint density at radius 2 is 1.94 bits per heavy atom. The number of anilines is 1. The van der Waals surface area contributed by atoms with Crippen molar-refractivity contribution < 1.29 is 9.53 Å². The topological polar surface area (TPSA) is 113 Å². The van der Waals surface area contributed by atoms with Gasteiger partial charge < -0.3 is 10.1 Å². The van der Waals surface area contributed by atoms with Gasteiger partial charge in [0, 0.05) is 13.5 Å². The van der Waals surface area contributed by atoms with E-state index in [9.17, 15) is 4.79 Å². The van der Waals surface area contributed by atoms with Crippen LogP contribution in [-0.2, 0) is 18.4 Å². The lowest BCUT2D eigenvalue weighted by Crippen LogP contribution is -2.20. The number of para-hydroxylation sites is 1. The number of aryl methyl sites for hydroxylation is 1. The van der Waals surface area contributed by atoms with Crippen molar-refractivity contribution in [2.24, 2.45) is 12.5 Å². The number of pyridine rings is 1. The third-order valence-corrected chi connectivity index (χ3v) is 4.82. The van der Waals surface area contributed by atoms with E-state index < -0.39 is 0 Å². The standard InChI is InChI=1S/C21H23ClN8O2/c1-21(2,3)11-17(31)24-16-10-5-7-13(23-16)12-32-20-25-18-14(22)8-6-9-15(18)30(20)19-26-27-28-29(19)4/h5-10H,11-12H2,1-4H3,(H,23,24,31). The molecule has 0 bridgehead atoms. The Morgan fingerprint density at radius 1 is 1.16 bits per heavy atom. The Bertz CT molecular complexity index is 1270. The van der Waals surface area contributed by atoms with Crippen molar-refractivity contribution in [1.82, 2.24) is 34.7 Å². The zero-order chi connectivity index (χ0) is 22.9. The third kappa shape index (κ3) is 4.70. The number of carbonyl (C=O) groups excluding carboxylic acids is 1. The third-order valence-electron chi connectivity index (χ3n) is 4.52. The Labute approximate surface area is 189 Å². The molecular weight excluding hydrogens is 432 g/mol. The van der Waals surface area contributed by atoms with Crippen molar-refractivity contribution in [2.45, 2.75) is 33.8 Å². The molecule has 1 amide bonds. The number of hydrogen-bond donors (Lipinski definition) is 1. The fourth-order valence-electron chi connectivity index (χ4n) is 3.18. The van der Waals surface area contributed by atoms with Crippen molar-refractivity contribution >= 4 is 34.4 Å². The summed E-state index contributed by atoms with van der Waals surface area (Å²) in [7, 11) is 1.72. The lowest BCUT2D eigenvalue weighted by atomic mass is 9.92. The minimum absolute atomic E-state index is 0.0886. The van der Waals surface area contributed by atoms with Crippen LogP contribution in [0.5, 0.6) is 6.01 Å². The second kappa shape index (κ2) is 8.54. The van der Waals surface area contributed by atoms with Crippen LogP contribution in [0.25, 0.3) is 17.0 Å². The minimum Gasteiger partial charge on any atom is -0.458 e. The van der Waals surface area contributed by atoms with Gasteiger partial charge in [0.25, 0.3) is 5.95 Å². The molecule has 0 radical (unpaired) electrons. The molecule has 32 heavy (non-hydrogen) atoms. The van der Waals surface area contributed by atoms with Gasteiger partial charge in [-0.1, -0.05) is 49.6 Å². The molecule has 166 valence electrons. The summed E-state index contributed by atoms with van der Waals surface area (Å²) in [5.41, 5.74) is 1.80. The summed E-state index contributed by atoms with van der Waals surface area (Å²) in [5.74, 6) is 0.810. The first-order valence-corrected chi connectivity index (χ1v) is 10.4. The Kier molecular flexibility index (Phi) is 5.79. The van der Waals surface area contributed by atoms with Gasteiger partial charge in [-0.25, -0.2) is 14.2 Å². The number of carbonyl (C=O) groups is 1. The summed E-state index contributed by atoms with van der Waals surface area (Å²) < 4.78 is 9.19. The number of rotatable bonds is 6. The molecule has 4 aromatic rings. The van der Waals surface area contributed by atoms with Gasteiger partial charge >= 0.3 is 6.01 Å². The summed E-state index contributed by atoms with van der Waals surface area (Å²) in [4.78, 5) is 21.2. The van der Waals surface area contributed by atoms with E-state index in [1.165, 1.54) is 4.68 Å². The second-order valence-electron chi connectivity index (χ2n) is 8.53. The number of aromatic nitrogens is 7. The van der Waals surface area contributed by atoms with Crippen molar-refractivity contribution in [1.29, 1.82) is 0 Å². The summed E-state index contributed by atoms with van der Waals surface area (Å²) >= 11 is 6.33. The van der Waals surface area contributed by atoms with Crippen LogP contribution in [0.2, 0.25) is 5.02 Å². The summed E-state index contributed by atoms with van der Waals surface area (Å²) in [6, 6.07) is 11.1. The highest BCUT2D eigenvalue weighted by Crippen LogP contribution is 2.30. The van der Waals surface area contributed by atoms with Crippen molar-refractivity contribution in [3.63, 3.8) is 0 Å². The van der Waals surface area contributed by atoms with Crippen LogP contribution in [0.15, 0.2) is 36.4 Å². The molecule has 3 aromatic heterocycles. The molecule has 0 aliphatic heterocycles. The molecule has 11 heteroatoms. The quantitative estimate of drug-likeness (QED) is 0.474. The number of benzene rings is 1. The van der Waals surface area contributed by atoms with Gasteiger partial charge in [-0.3, -0.25) is 4.79 Å². The number of hydrogen-bond acceptors (Lipinski definition) is 7. The van der Waals surface area contributed by atoms with Gasteiger partial charge in [0.15, 0.2) is 0 Å². The number of halogens is 1. The molecule has 1 aromatic carbocycles. The lowest BCUT2D eigenvalue weighted by Gasteiger charge is -2.17. The van der Waals surface area contributed by atoms with E-state index in [1.54, 1.807) is 23.7 Å². The summed E-state index contributed by atoms with van der Waals surface area (Å²) in [6.45, 7) is 6.15. The molecule has 0 fully saturated rings. The zero-order valence-corrected chi connectivity index (χ0v) is 19.0. The van der Waals surface area contributed by atoms with Gasteiger partial charge in [0.2, 0.25) is 5.91 Å². The van der Waals surface area contributed by atoms with E-state index in [-0.39, 0.29) is 23.9 Å². The van der Waals surface area contributed by atoms with E-state index in [4.69, 9.17) is 16.3 Å². The average molecular weight is 455 g/mol. The average Bonchev–Trinajstić information content (AvgIpc) is 3.28. The molecule has 0 atom stereocenters. The minimum atomic E-state index is -0.111. The molecule has 0 aliphatic carbocycles. The molecule has 1 N–H and O–H groups in total. The van der Waals surface area contributed by atoms with E-state index >= 15 is 0 Å². The van der Waals surface area contributed by atoms with E-state index in [0.29, 0.717) is 39.9 Å². The van der Waals surface area contributed by atoms with Crippen molar-refractivity contribution in [2.75, 3.05) is 5.32 Å². The molecule has 0 spiro atoms. The number of ether oxygens (including phenoxy) is 1. The maximum Gasteiger partial charge on any atom is 0.305 e. The largest absolute Gasteiger partial charge is 0.458 e. The van der Waals surface area contributed by atoms with E-state index in [2.05, 4.69) is 30.8 Å². The highest BCUT2D eigenvalue weighted by Gasteiger charge is 2.20. The lowest BCUT2D eigenvalue weighted by molar-refractivity contribution is -0.117. The fourth-order valence-corrected chi connectivity index (χ4v) is 3.40. The molecule has 0 saturated heterocycles. The predicted octanol–water partition coefficient (Wildman–Crippen LogP) is 3.55. The first-order valence-electron chi connectivity index (χ1n) is 9.99. The van der Waals surface area contributed by atoms with Gasteiger partial charge in [-0.05, 0) is 40.1 Å². The maximum absolute atomic E-state index is 12.2. The van der Waals surface area contributed by atoms with E-state index in [0.717, 1.165) is 0 Å². The molecular formula is C21H23ClN8O2. The van der Waals surface area contributed by atoms with Gasteiger partial charge in [0.05, 0.1) is 16.2 Å². The van der Waals surface area contributed by atoms with Gasteiger partial charge in [-0.2, -0.15) is 4.98 Å². The number of amides is 1. The van der Waals surface area contributed by atoms with Crippen LogP contribution in [0, 0.1) is 5.41 Å². The Hall–Kier alpha value is -3.53. The molecule has 0 aliphatic rings. The fraction of sp³-hybridized carbons (Fsp3) is 0.333. The number of imidazole rings is 1. The van der Waals surface area contributed by atoms with Crippen LogP contribution in [0.4, 0.5) is 5.82 Å². The van der Waals surface area contributed by atoms with Gasteiger partial charge in [-0.15, -0.1) is 0 Å². The molecule has 10 nitrogen and oxygen atoms in total. The summed E-state index contributed by atoms with van der Waals surface area (Å²) in [6.07, 6.45) is 0.395. The van der Waals surface area contributed by atoms with E-state index in [1.807, 2.05) is 45.0 Å². The summed E-state index contributed by atoms with van der Waals surface area (Å²) in [5, 5.41) is 15.0. The predicted molar refractivity (Wildman–Crippen MR) is 120 cm³/mol. The van der Waals surface area contributed by atoms with Crippen molar-refractivity contribution in [3.05, 3.63) is 47.1 Å². The maximum atomic E-state index is 12.2. The van der Waals surface area contributed by atoms with Crippen LogP contribution in [0.1, 0.15) is 32.9 Å². The smallest absolute Gasteiger partial charge is 0.305 e. The number of nitrogens with one attached hydrogen (secondary N) is 1. The van der Waals surface area contributed by atoms with Gasteiger partial charge in [0.1, 0.15) is 17.9 Å². The Morgan fingerprint density at radius 3 is 2.66 bits per heavy atom. The second-order valence-corrected chi connectivity index (χ2v) is 8.94. The number of fused-ring (bicyclic) bond motifs is 1. The van der Waals surface area contributed by atoms with Crippen LogP contribution in [0.3, 0.4) is 0 Å². The molecule has 4 rings (SSSR count). The van der Waals surface area contributed by atoms with Crippen LogP contribution < -0.4 is 10.1 Å². The zero-order valence-electron chi connectivity index (χ0n) is 18.2. The van der Waals surface area contributed by atoms with Crippen LogP contribution >= 0.6 is 11.6 Å². The first-order chi connectivity index (χ1) is 15.2. The monoisotopic (exact) mass is 454 g/mol. The molecule has 3 heterocycles. The number of nitrogens with zero attached hydrogens (tertiary/aromatic N) is 7. The Balaban J connectivity index is 1.58. The molecule has 0 unspecified atom stereocenters. The highest BCUT2D eigenvalue weighted by molar-refractivity contribution is 6.35.